The molecule has 0 aromatic heterocycles. The minimum atomic E-state index is -0.589. The van der Waals surface area contributed by atoms with Gasteiger partial charge in [-0.15, -0.1) is 0 Å². The van der Waals surface area contributed by atoms with Gasteiger partial charge in [0.05, 0.1) is 6.10 Å². The highest BCUT2D eigenvalue weighted by Gasteiger charge is 2.20. The van der Waals surface area contributed by atoms with E-state index in [0.29, 0.717) is 12.3 Å². The molecule has 0 radical (unpaired) electrons. The fraction of sp³-hybridized carbons (Fsp3) is 0.429. The highest BCUT2D eigenvalue weighted by molar-refractivity contribution is 5.46. The van der Waals surface area contributed by atoms with Crippen LogP contribution in [0.1, 0.15) is 18.6 Å². The summed E-state index contributed by atoms with van der Waals surface area (Å²) in [5.74, 6) is 0.635. The van der Waals surface area contributed by atoms with Gasteiger partial charge in [-0.25, -0.2) is 0 Å². The number of β-amino-alcohol motifs (C(OH)–C–C–N with tert-alkyl or cyclic N) is 1. The van der Waals surface area contributed by atoms with Crippen molar-refractivity contribution in [3.05, 3.63) is 60.2 Å². The lowest BCUT2D eigenvalue weighted by atomic mass is 10.1. The summed E-state index contributed by atoms with van der Waals surface area (Å²) in [6.45, 7) is 6.31. The summed E-state index contributed by atoms with van der Waals surface area (Å²) >= 11 is 0. The quantitative estimate of drug-likeness (QED) is 0.797. The number of benzene rings is 2. The molecule has 0 aliphatic carbocycles. The molecule has 0 saturated carbocycles. The Morgan fingerprint density at radius 1 is 0.923 bits per heavy atom. The normalized spacial score (nSPS) is 17.7. The molecule has 5 nitrogen and oxygen atoms in total. The maximum atomic E-state index is 10.3. The Bertz CT molecular complexity index is 670. The van der Waals surface area contributed by atoms with E-state index in [1.807, 2.05) is 30.3 Å². The molecule has 140 valence electrons. The van der Waals surface area contributed by atoms with Gasteiger partial charge in [0.1, 0.15) is 18.5 Å². The average molecular weight is 356 g/mol. The van der Waals surface area contributed by atoms with Crippen molar-refractivity contribution in [3.8, 4) is 5.75 Å². The van der Waals surface area contributed by atoms with Crippen LogP contribution in [0.3, 0.4) is 0 Å². The average Bonchev–Trinajstić information content (AvgIpc) is 2.68. The predicted octanol–water partition coefficient (Wildman–Crippen LogP) is 2.30. The standard InChI is InChI=1S/C21H28N2O3/c1-17(24)20-9-5-6-10-21(20)26-16-19(25)15-22-11-13-23(14-12-22)18-7-3-2-4-8-18/h2-10,17,19,24-25H,11-16H2,1H3. The zero-order valence-electron chi connectivity index (χ0n) is 15.3. The summed E-state index contributed by atoms with van der Waals surface area (Å²) < 4.78 is 5.75. The van der Waals surface area contributed by atoms with E-state index in [0.717, 1.165) is 31.7 Å². The van der Waals surface area contributed by atoms with Crippen LogP contribution in [0.2, 0.25) is 0 Å². The van der Waals surface area contributed by atoms with E-state index in [1.165, 1.54) is 5.69 Å². The maximum Gasteiger partial charge on any atom is 0.125 e. The highest BCUT2D eigenvalue weighted by atomic mass is 16.5. The van der Waals surface area contributed by atoms with Crippen molar-refractivity contribution in [2.45, 2.75) is 19.1 Å². The van der Waals surface area contributed by atoms with Crippen molar-refractivity contribution < 1.29 is 14.9 Å². The third kappa shape index (κ3) is 4.97. The van der Waals surface area contributed by atoms with Crippen LogP contribution in [-0.4, -0.2) is 60.5 Å². The number of aliphatic hydroxyl groups is 2. The number of aliphatic hydroxyl groups excluding tert-OH is 2. The molecular formula is C21H28N2O3. The van der Waals surface area contributed by atoms with Crippen LogP contribution in [0.4, 0.5) is 5.69 Å². The molecule has 2 atom stereocenters. The third-order valence-corrected chi connectivity index (χ3v) is 4.76. The number of para-hydroxylation sites is 2. The molecule has 1 heterocycles. The second-order valence-corrected chi connectivity index (χ2v) is 6.80. The summed E-state index contributed by atoms with van der Waals surface area (Å²) in [6.07, 6.45) is -1.14. The number of ether oxygens (including phenoxy) is 1. The van der Waals surface area contributed by atoms with Gasteiger partial charge in [-0.1, -0.05) is 36.4 Å². The van der Waals surface area contributed by atoms with Crippen molar-refractivity contribution in [1.82, 2.24) is 4.90 Å². The van der Waals surface area contributed by atoms with Crippen molar-refractivity contribution in [3.63, 3.8) is 0 Å². The summed E-state index contributed by atoms with van der Waals surface area (Å²) in [7, 11) is 0. The Balaban J connectivity index is 1.44. The smallest absolute Gasteiger partial charge is 0.125 e. The van der Waals surface area contributed by atoms with E-state index in [-0.39, 0.29) is 6.61 Å². The van der Waals surface area contributed by atoms with Gasteiger partial charge in [0.25, 0.3) is 0 Å². The number of rotatable bonds is 7. The Morgan fingerprint density at radius 3 is 2.27 bits per heavy atom. The third-order valence-electron chi connectivity index (χ3n) is 4.76. The largest absolute Gasteiger partial charge is 0.490 e. The Kier molecular flexibility index (Phi) is 6.50. The molecule has 1 saturated heterocycles. The number of anilines is 1. The first kappa shape index (κ1) is 18.7. The summed E-state index contributed by atoms with van der Waals surface area (Å²) in [6, 6.07) is 17.8. The van der Waals surface area contributed by atoms with Crippen LogP contribution in [0, 0.1) is 0 Å². The maximum absolute atomic E-state index is 10.3. The lowest BCUT2D eigenvalue weighted by molar-refractivity contribution is 0.0648. The second-order valence-electron chi connectivity index (χ2n) is 6.80. The lowest BCUT2D eigenvalue weighted by Crippen LogP contribution is -2.49. The zero-order valence-corrected chi connectivity index (χ0v) is 15.3. The van der Waals surface area contributed by atoms with Gasteiger partial charge in [-0.05, 0) is 25.1 Å². The molecule has 3 rings (SSSR count). The molecule has 1 fully saturated rings. The van der Waals surface area contributed by atoms with Crippen LogP contribution in [0.25, 0.3) is 0 Å². The second kappa shape index (κ2) is 9.03. The first-order chi connectivity index (χ1) is 12.6. The summed E-state index contributed by atoms with van der Waals surface area (Å²) in [5, 5.41) is 20.1. The Labute approximate surface area is 155 Å². The van der Waals surface area contributed by atoms with Crippen LogP contribution >= 0.6 is 0 Å². The number of nitrogens with zero attached hydrogens (tertiary/aromatic N) is 2. The van der Waals surface area contributed by atoms with Crippen molar-refractivity contribution in [2.75, 3.05) is 44.2 Å². The van der Waals surface area contributed by atoms with Crippen molar-refractivity contribution >= 4 is 5.69 Å². The molecule has 0 bridgehead atoms. The van der Waals surface area contributed by atoms with Crippen LogP contribution in [-0.2, 0) is 0 Å². The van der Waals surface area contributed by atoms with Crippen LogP contribution < -0.4 is 9.64 Å². The molecule has 0 spiro atoms. The first-order valence-corrected chi connectivity index (χ1v) is 9.23. The molecule has 2 unspecified atom stereocenters. The van der Waals surface area contributed by atoms with Gasteiger partial charge < -0.3 is 19.8 Å². The highest BCUT2D eigenvalue weighted by Crippen LogP contribution is 2.24. The predicted molar refractivity (Wildman–Crippen MR) is 104 cm³/mol. The van der Waals surface area contributed by atoms with E-state index in [1.54, 1.807) is 6.92 Å². The molecule has 5 heteroatoms. The van der Waals surface area contributed by atoms with Crippen molar-refractivity contribution in [2.24, 2.45) is 0 Å². The van der Waals surface area contributed by atoms with Gasteiger partial charge >= 0.3 is 0 Å². The minimum Gasteiger partial charge on any atom is -0.490 e. The number of piperazine rings is 1. The summed E-state index contributed by atoms with van der Waals surface area (Å²) in [5.41, 5.74) is 2.00. The molecule has 0 amide bonds. The Hall–Kier alpha value is -2.08. The first-order valence-electron chi connectivity index (χ1n) is 9.23. The van der Waals surface area contributed by atoms with Crippen LogP contribution in [0.5, 0.6) is 5.75 Å². The fourth-order valence-electron chi connectivity index (χ4n) is 3.32. The monoisotopic (exact) mass is 356 g/mol. The van der Waals surface area contributed by atoms with Gasteiger partial charge in [0, 0.05) is 44.0 Å². The van der Waals surface area contributed by atoms with Gasteiger partial charge in [0.2, 0.25) is 0 Å². The molecule has 2 aromatic rings. The van der Waals surface area contributed by atoms with Gasteiger partial charge in [-0.3, -0.25) is 4.90 Å². The molecule has 2 aromatic carbocycles. The van der Waals surface area contributed by atoms with E-state index in [4.69, 9.17) is 4.74 Å². The van der Waals surface area contributed by atoms with Crippen molar-refractivity contribution in [1.29, 1.82) is 0 Å². The summed E-state index contributed by atoms with van der Waals surface area (Å²) in [4.78, 5) is 4.65. The fourth-order valence-corrected chi connectivity index (χ4v) is 3.32. The Morgan fingerprint density at radius 2 is 1.58 bits per heavy atom. The molecule has 1 aliphatic heterocycles. The van der Waals surface area contributed by atoms with E-state index < -0.39 is 12.2 Å². The van der Waals surface area contributed by atoms with Gasteiger partial charge in [0.15, 0.2) is 0 Å². The number of hydrogen-bond acceptors (Lipinski definition) is 5. The SMILES string of the molecule is CC(O)c1ccccc1OCC(O)CN1CCN(c2ccccc2)CC1. The van der Waals surface area contributed by atoms with Crippen LogP contribution in [0.15, 0.2) is 54.6 Å². The number of hydrogen-bond donors (Lipinski definition) is 2. The lowest BCUT2D eigenvalue weighted by Gasteiger charge is -2.36. The molecule has 1 aliphatic rings. The molecular weight excluding hydrogens is 328 g/mol. The van der Waals surface area contributed by atoms with E-state index in [2.05, 4.69) is 34.1 Å². The minimum absolute atomic E-state index is 0.225. The van der Waals surface area contributed by atoms with Gasteiger partial charge in [-0.2, -0.15) is 0 Å². The van der Waals surface area contributed by atoms with E-state index >= 15 is 0 Å². The molecule has 26 heavy (non-hydrogen) atoms. The van der Waals surface area contributed by atoms with E-state index in [9.17, 15) is 10.2 Å². The topological polar surface area (TPSA) is 56.2 Å². The zero-order chi connectivity index (χ0) is 18.4. The molecule has 2 N–H and O–H groups in total.